The van der Waals surface area contributed by atoms with E-state index in [4.69, 9.17) is 0 Å². The second kappa shape index (κ2) is 12.8. The highest BCUT2D eigenvalue weighted by Gasteiger charge is 2.51. The number of hydrogen-bond acceptors (Lipinski definition) is 6. The Hall–Kier alpha value is -3.35. The second-order valence-electron chi connectivity index (χ2n) is 11.8. The average Bonchev–Trinajstić information content (AvgIpc) is 3.29. The van der Waals surface area contributed by atoms with Crippen LogP contribution in [0.25, 0.3) is 0 Å². The molecule has 5 rings (SSSR count). The fourth-order valence-electron chi connectivity index (χ4n) is 6.08. The monoisotopic (exact) mass is 666 g/mol. The molecule has 4 aromatic rings. The molecule has 0 spiro atoms. The fourth-order valence-corrected chi connectivity index (χ4v) is 11.9. The van der Waals surface area contributed by atoms with Crippen molar-refractivity contribution in [1.82, 2.24) is 8.61 Å². The molecule has 2 atom stereocenters. The van der Waals surface area contributed by atoms with Gasteiger partial charge < -0.3 is 0 Å². The Morgan fingerprint density at radius 1 is 0.578 bits per heavy atom. The maximum atomic E-state index is 14.6. The van der Waals surface area contributed by atoms with Crippen LogP contribution in [-0.4, -0.2) is 57.5 Å². The van der Waals surface area contributed by atoms with Crippen LogP contribution < -0.4 is 0 Å². The van der Waals surface area contributed by atoms with Crippen LogP contribution in [0.3, 0.4) is 0 Å². The Labute approximate surface area is 267 Å². The zero-order valence-corrected chi connectivity index (χ0v) is 28.2. The molecule has 0 aliphatic carbocycles. The van der Waals surface area contributed by atoms with Crippen LogP contribution in [0.4, 0.5) is 0 Å². The first kappa shape index (κ1) is 33.0. The number of aryl methyl sites for hydroxylation is 4. The number of benzene rings is 4. The van der Waals surface area contributed by atoms with Gasteiger partial charge in [0.05, 0.1) is 33.4 Å². The third kappa shape index (κ3) is 7.07. The molecule has 0 amide bonds. The van der Waals surface area contributed by atoms with Gasteiger partial charge in [-0.15, -0.1) is 0 Å². The van der Waals surface area contributed by atoms with Gasteiger partial charge in [0.1, 0.15) is 0 Å². The minimum absolute atomic E-state index is 0.0546. The predicted octanol–water partition coefficient (Wildman–Crippen LogP) is 5.17. The van der Waals surface area contributed by atoms with Gasteiger partial charge in [-0.05, 0) is 62.1 Å². The van der Waals surface area contributed by atoms with E-state index in [1.807, 2.05) is 26.0 Å². The maximum absolute atomic E-state index is 14.6. The molecule has 1 fully saturated rings. The van der Waals surface area contributed by atoms with Crippen LogP contribution in [0.2, 0.25) is 0 Å². The summed E-state index contributed by atoms with van der Waals surface area (Å²) in [6, 6.07) is 25.5. The quantitative estimate of drug-likeness (QED) is 0.231. The SMILES string of the molecule is Cc1ccc(S(=O)(=O)N(Cc2ccccc2)[C@@H]2CS(=O)(=O)C[C@@H]2N(Cc2ccccc2)S(=O)(=O)c2ccc(C)cc2C)c(C)c1. The molecule has 1 aliphatic rings. The molecule has 0 bridgehead atoms. The lowest BCUT2D eigenvalue weighted by atomic mass is 10.1. The predicted molar refractivity (Wildman–Crippen MR) is 176 cm³/mol. The van der Waals surface area contributed by atoms with Gasteiger partial charge in [-0.2, -0.15) is 8.61 Å². The van der Waals surface area contributed by atoms with Crippen LogP contribution in [-0.2, 0) is 43.0 Å². The summed E-state index contributed by atoms with van der Waals surface area (Å²) in [6.45, 7) is 6.88. The molecule has 4 aromatic carbocycles. The Balaban J connectivity index is 1.71. The Morgan fingerprint density at radius 3 is 1.27 bits per heavy atom. The van der Waals surface area contributed by atoms with Crippen LogP contribution in [0, 0.1) is 27.7 Å². The van der Waals surface area contributed by atoms with E-state index in [9.17, 15) is 25.3 Å². The van der Waals surface area contributed by atoms with E-state index in [1.165, 1.54) is 20.7 Å². The lowest BCUT2D eigenvalue weighted by Gasteiger charge is -2.37. The van der Waals surface area contributed by atoms with E-state index in [2.05, 4.69) is 0 Å². The van der Waals surface area contributed by atoms with Crippen molar-refractivity contribution in [3.63, 3.8) is 0 Å². The van der Waals surface area contributed by atoms with Crippen molar-refractivity contribution in [2.45, 2.75) is 62.7 Å². The summed E-state index contributed by atoms with van der Waals surface area (Å²) >= 11 is 0. The lowest BCUT2D eigenvalue weighted by Crippen LogP contribution is -2.54. The summed E-state index contributed by atoms with van der Waals surface area (Å²) in [7, 11) is -12.4. The molecule has 1 saturated heterocycles. The molecule has 0 saturated carbocycles. The maximum Gasteiger partial charge on any atom is 0.243 e. The van der Waals surface area contributed by atoms with E-state index in [0.717, 1.165) is 11.1 Å². The van der Waals surface area contributed by atoms with Gasteiger partial charge in [0.15, 0.2) is 9.84 Å². The number of rotatable bonds is 10. The molecule has 238 valence electrons. The highest BCUT2D eigenvalue weighted by Crippen LogP contribution is 2.35. The fraction of sp³-hybridized carbons (Fsp3) is 0.294. The highest BCUT2D eigenvalue weighted by atomic mass is 32.2. The van der Waals surface area contributed by atoms with Gasteiger partial charge >= 0.3 is 0 Å². The first-order chi connectivity index (χ1) is 21.2. The Bertz CT molecular complexity index is 1870. The van der Waals surface area contributed by atoms with E-state index >= 15 is 0 Å². The molecular weight excluding hydrogens is 629 g/mol. The number of nitrogens with zero attached hydrogens (tertiary/aromatic N) is 2. The van der Waals surface area contributed by atoms with Crippen molar-refractivity contribution in [2.24, 2.45) is 0 Å². The summed E-state index contributed by atoms with van der Waals surface area (Å²) in [5, 5.41) is 0. The molecule has 8 nitrogen and oxygen atoms in total. The second-order valence-corrected chi connectivity index (χ2v) is 17.7. The molecule has 0 N–H and O–H groups in total. The van der Waals surface area contributed by atoms with Gasteiger partial charge in [-0.3, -0.25) is 0 Å². The molecule has 1 aliphatic heterocycles. The normalized spacial score (nSPS) is 18.4. The van der Waals surface area contributed by atoms with Gasteiger partial charge in [-0.1, -0.05) is 96.1 Å². The van der Waals surface area contributed by atoms with Crippen LogP contribution >= 0.6 is 0 Å². The highest BCUT2D eigenvalue weighted by molar-refractivity contribution is 7.92. The van der Waals surface area contributed by atoms with Crippen molar-refractivity contribution >= 4 is 29.9 Å². The zero-order chi connectivity index (χ0) is 32.6. The molecular formula is C34H38N2O6S3. The first-order valence-electron chi connectivity index (χ1n) is 14.7. The molecule has 11 heteroatoms. The van der Waals surface area contributed by atoms with Crippen molar-refractivity contribution in [3.05, 3.63) is 130 Å². The summed E-state index contributed by atoms with van der Waals surface area (Å²) in [4.78, 5) is 0.109. The van der Waals surface area contributed by atoms with Crippen LogP contribution in [0.5, 0.6) is 0 Å². The van der Waals surface area contributed by atoms with Crippen molar-refractivity contribution in [1.29, 1.82) is 0 Å². The smallest absolute Gasteiger partial charge is 0.229 e. The van der Waals surface area contributed by atoms with Gasteiger partial charge in [0.25, 0.3) is 0 Å². The minimum Gasteiger partial charge on any atom is -0.229 e. The number of hydrogen-bond donors (Lipinski definition) is 0. The first-order valence-corrected chi connectivity index (χ1v) is 19.4. The van der Waals surface area contributed by atoms with Crippen LogP contribution in [0.15, 0.2) is 107 Å². The van der Waals surface area contributed by atoms with Crippen LogP contribution in [0.1, 0.15) is 33.4 Å². The average molecular weight is 667 g/mol. The third-order valence-electron chi connectivity index (χ3n) is 8.23. The Kier molecular flexibility index (Phi) is 9.40. The summed E-state index contributed by atoms with van der Waals surface area (Å²) < 4.78 is 87.6. The topological polar surface area (TPSA) is 109 Å². The largest absolute Gasteiger partial charge is 0.243 e. The standard InChI is InChI=1S/C34H38N2O6S3/c1-25-15-17-33(27(3)19-25)44(39,40)35(21-29-11-7-5-8-12-29)31-23-43(37,38)24-32(31)36(22-30-13-9-6-10-14-30)45(41,42)34-18-16-26(2)20-28(34)4/h5-20,31-32H,21-24H2,1-4H3/t31-,32+. The summed E-state index contributed by atoms with van der Waals surface area (Å²) in [5.41, 5.74) is 4.12. The molecule has 1 heterocycles. The molecule has 0 aromatic heterocycles. The van der Waals surface area contributed by atoms with E-state index in [1.54, 1.807) is 86.6 Å². The van der Waals surface area contributed by atoms with Gasteiger partial charge in [-0.25, -0.2) is 25.3 Å². The van der Waals surface area contributed by atoms with Gasteiger partial charge in [0.2, 0.25) is 20.0 Å². The van der Waals surface area contributed by atoms with Gasteiger partial charge in [0, 0.05) is 13.1 Å². The summed E-state index contributed by atoms with van der Waals surface area (Å²) in [6.07, 6.45) is 0. The number of sulfonamides is 2. The molecule has 0 radical (unpaired) electrons. The summed E-state index contributed by atoms with van der Waals surface area (Å²) in [5.74, 6) is -1.02. The van der Waals surface area contributed by atoms with E-state index < -0.39 is 53.5 Å². The molecule has 0 unspecified atom stereocenters. The Morgan fingerprint density at radius 2 is 0.933 bits per heavy atom. The third-order valence-corrected chi connectivity index (χ3v) is 14.0. The molecule has 45 heavy (non-hydrogen) atoms. The lowest BCUT2D eigenvalue weighted by molar-refractivity contribution is 0.219. The van der Waals surface area contributed by atoms with Crippen molar-refractivity contribution in [2.75, 3.05) is 11.5 Å². The number of sulfone groups is 1. The van der Waals surface area contributed by atoms with Crippen molar-refractivity contribution in [3.8, 4) is 0 Å². The van der Waals surface area contributed by atoms with E-state index in [-0.39, 0.29) is 22.9 Å². The van der Waals surface area contributed by atoms with E-state index in [0.29, 0.717) is 22.3 Å². The zero-order valence-electron chi connectivity index (χ0n) is 25.8. The van der Waals surface area contributed by atoms with Crippen molar-refractivity contribution < 1.29 is 25.3 Å². The minimum atomic E-state index is -4.30.